The van der Waals surface area contributed by atoms with Gasteiger partial charge in [-0.15, -0.1) is 0 Å². The van der Waals surface area contributed by atoms with Gasteiger partial charge in [-0.2, -0.15) is 0 Å². The van der Waals surface area contributed by atoms with E-state index in [9.17, 15) is 0 Å². The molecule has 0 aromatic heterocycles. The van der Waals surface area contributed by atoms with Crippen LogP contribution in [0.5, 0.6) is 0 Å². The van der Waals surface area contributed by atoms with Crippen LogP contribution in [0, 0.1) is 0 Å². The summed E-state index contributed by atoms with van der Waals surface area (Å²) < 4.78 is 0. The SMILES string of the molecule is c1ccc(Cc2cccc3c2[N]c2ccccc2S3)cc1. The molecule has 0 spiro atoms. The van der Waals surface area contributed by atoms with Crippen LogP contribution in [0.4, 0.5) is 11.4 Å². The molecule has 101 valence electrons. The molecule has 1 heterocycles. The summed E-state index contributed by atoms with van der Waals surface area (Å²) in [6.07, 6.45) is 0.927. The lowest BCUT2D eigenvalue weighted by molar-refractivity contribution is 1.03. The van der Waals surface area contributed by atoms with Crippen molar-refractivity contribution in [2.45, 2.75) is 16.2 Å². The Morgan fingerprint density at radius 1 is 0.714 bits per heavy atom. The number of rotatable bonds is 2. The first-order chi connectivity index (χ1) is 10.4. The van der Waals surface area contributed by atoms with E-state index in [2.05, 4.69) is 66.7 Å². The number of nitrogens with zero attached hydrogens (tertiary/aromatic N) is 1. The third-order valence-corrected chi connectivity index (χ3v) is 4.75. The van der Waals surface area contributed by atoms with Crippen LogP contribution in [-0.2, 0) is 6.42 Å². The van der Waals surface area contributed by atoms with E-state index in [1.165, 1.54) is 20.9 Å². The standard InChI is InChI=1S/C19H14NS/c1-2-7-14(8-3-1)13-15-9-6-12-18-19(15)20-16-10-4-5-11-17(16)21-18/h1-12H,13H2. The molecule has 3 aromatic carbocycles. The second-order valence-corrected chi connectivity index (χ2v) is 6.19. The maximum Gasteiger partial charge on any atom is 0.0812 e. The Kier molecular flexibility index (Phi) is 3.17. The van der Waals surface area contributed by atoms with Gasteiger partial charge in [0.2, 0.25) is 0 Å². The Balaban J connectivity index is 1.73. The van der Waals surface area contributed by atoms with Gasteiger partial charge in [0.25, 0.3) is 0 Å². The maximum atomic E-state index is 4.88. The van der Waals surface area contributed by atoms with Crippen LogP contribution < -0.4 is 5.32 Å². The Bertz CT molecular complexity index is 781. The van der Waals surface area contributed by atoms with Gasteiger partial charge in [-0.1, -0.05) is 66.4 Å². The molecule has 0 fully saturated rings. The topological polar surface area (TPSA) is 14.1 Å². The average molecular weight is 288 g/mol. The van der Waals surface area contributed by atoms with E-state index in [0.29, 0.717) is 0 Å². The molecule has 0 N–H and O–H groups in total. The van der Waals surface area contributed by atoms with Crippen LogP contribution in [-0.4, -0.2) is 0 Å². The summed E-state index contributed by atoms with van der Waals surface area (Å²) in [5, 5.41) is 4.88. The van der Waals surface area contributed by atoms with Gasteiger partial charge in [0.1, 0.15) is 0 Å². The fourth-order valence-electron chi connectivity index (χ4n) is 2.61. The van der Waals surface area contributed by atoms with E-state index in [1.54, 1.807) is 0 Å². The van der Waals surface area contributed by atoms with Crippen LogP contribution in [0.25, 0.3) is 0 Å². The van der Waals surface area contributed by atoms with Crippen molar-refractivity contribution in [1.82, 2.24) is 5.32 Å². The van der Waals surface area contributed by atoms with Gasteiger partial charge in [-0.25, -0.2) is 5.32 Å². The van der Waals surface area contributed by atoms with E-state index >= 15 is 0 Å². The van der Waals surface area contributed by atoms with E-state index in [-0.39, 0.29) is 0 Å². The van der Waals surface area contributed by atoms with Crippen LogP contribution >= 0.6 is 11.8 Å². The molecule has 1 aliphatic rings. The number of hydrogen-bond donors (Lipinski definition) is 0. The monoisotopic (exact) mass is 288 g/mol. The third-order valence-electron chi connectivity index (χ3n) is 3.64. The summed E-state index contributed by atoms with van der Waals surface area (Å²) in [6.45, 7) is 0. The van der Waals surface area contributed by atoms with Crippen molar-refractivity contribution in [3.63, 3.8) is 0 Å². The van der Waals surface area contributed by atoms with E-state index < -0.39 is 0 Å². The van der Waals surface area contributed by atoms with Gasteiger partial charge in [0, 0.05) is 9.79 Å². The number of benzene rings is 3. The Hall–Kier alpha value is -2.19. The van der Waals surface area contributed by atoms with Crippen molar-refractivity contribution in [2.75, 3.05) is 0 Å². The smallest absolute Gasteiger partial charge is 0.0812 e. The van der Waals surface area contributed by atoms with Gasteiger partial charge < -0.3 is 0 Å². The molecule has 0 unspecified atom stereocenters. The van der Waals surface area contributed by atoms with Gasteiger partial charge >= 0.3 is 0 Å². The molecule has 21 heavy (non-hydrogen) atoms. The normalized spacial score (nSPS) is 12.2. The summed E-state index contributed by atoms with van der Waals surface area (Å²) in [6, 6.07) is 25.4. The van der Waals surface area contributed by atoms with Gasteiger partial charge in [-0.3, -0.25) is 0 Å². The molecule has 0 bridgehead atoms. The molecule has 0 amide bonds. The molecule has 0 atom stereocenters. The van der Waals surface area contributed by atoms with Crippen molar-refractivity contribution in [1.29, 1.82) is 0 Å². The van der Waals surface area contributed by atoms with Gasteiger partial charge in [-0.05, 0) is 35.7 Å². The Labute approximate surface area is 129 Å². The highest BCUT2D eigenvalue weighted by molar-refractivity contribution is 7.99. The minimum absolute atomic E-state index is 0.927. The van der Waals surface area contributed by atoms with Gasteiger partial charge in [0.05, 0.1) is 11.4 Å². The minimum Gasteiger partial charge on any atom is -0.246 e. The van der Waals surface area contributed by atoms with E-state index in [1.807, 2.05) is 17.8 Å². The fourth-order valence-corrected chi connectivity index (χ4v) is 3.63. The van der Waals surface area contributed by atoms with Crippen LogP contribution in [0.15, 0.2) is 82.6 Å². The molecule has 1 nitrogen and oxygen atoms in total. The van der Waals surface area contributed by atoms with Gasteiger partial charge in [0.15, 0.2) is 0 Å². The van der Waals surface area contributed by atoms with Crippen molar-refractivity contribution in [3.05, 3.63) is 83.9 Å². The molecule has 0 saturated carbocycles. The molecule has 2 heteroatoms. The molecule has 4 rings (SSSR count). The highest BCUT2D eigenvalue weighted by atomic mass is 32.2. The summed E-state index contributed by atoms with van der Waals surface area (Å²) >= 11 is 1.81. The summed E-state index contributed by atoms with van der Waals surface area (Å²) in [5.74, 6) is 0. The molecular weight excluding hydrogens is 274 g/mol. The first kappa shape index (κ1) is 12.5. The average Bonchev–Trinajstić information content (AvgIpc) is 2.54. The van der Waals surface area contributed by atoms with Crippen LogP contribution in [0.1, 0.15) is 11.1 Å². The molecule has 1 aliphatic heterocycles. The lowest BCUT2D eigenvalue weighted by Crippen LogP contribution is -2.02. The van der Waals surface area contributed by atoms with Crippen molar-refractivity contribution < 1.29 is 0 Å². The van der Waals surface area contributed by atoms with Crippen molar-refractivity contribution in [3.8, 4) is 0 Å². The molecule has 0 aliphatic carbocycles. The predicted molar refractivity (Wildman–Crippen MR) is 87.7 cm³/mol. The zero-order valence-corrected chi connectivity index (χ0v) is 12.3. The van der Waals surface area contributed by atoms with E-state index in [4.69, 9.17) is 5.32 Å². The van der Waals surface area contributed by atoms with Crippen molar-refractivity contribution in [2.24, 2.45) is 0 Å². The second kappa shape index (κ2) is 5.30. The zero-order valence-electron chi connectivity index (χ0n) is 11.5. The minimum atomic E-state index is 0.927. The largest absolute Gasteiger partial charge is 0.246 e. The molecule has 3 aromatic rings. The van der Waals surface area contributed by atoms with Crippen LogP contribution in [0.2, 0.25) is 0 Å². The zero-order chi connectivity index (χ0) is 14.1. The van der Waals surface area contributed by atoms with Crippen molar-refractivity contribution >= 4 is 23.1 Å². The summed E-state index contributed by atoms with van der Waals surface area (Å²) in [4.78, 5) is 2.49. The lowest BCUT2D eigenvalue weighted by Gasteiger charge is -2.21. The number of hydrogen-bond acceptors (Lipinski definition) is 1. The first-order valence-electron chi connectivity index (χ1n) is 7.04. The molecule has 1 radical (unpaired) electrons. The Morgan fingerprint density at radius 3 is 2.38 bits per heavy atom. The summed E-state index contributed by atoms with van der Waals surface area (Å²) in [5.41, 5.74) is 4.83. The first-order valence-corrected chi connectivity index (χ1v) is 7.86. The number of para-hydroxylation sites is 2. The highest BCUT2D eigenvalue weighted by Crippen LogP contribution is 2.45. The Morgan fingerprint density at radius 2 is 1.48 bits per heavy atom. The maximum absolute atomic E-state index is 4.88. The summed E-state index contributed by atoms with van der Waals surface area (Å²) in [7, 11) is 0. The molecular formula is C19H14NS. The highest BCUT2D eigenvalue weighted by Gasteiger charge is 2.19. The fraction of sp³-hybridized carbons (Fsp3) is 0.0526. The quantitative estimate of drug-likeness (QED) is 0.487. The lowest BCUT2D eigenvalue weighted by atomic mass is 10.0. The third kappa shape index (κ3) is 2.43. The molecule has 0 saturated heterocycles. The van der Waals surface area contributed by atoms with E-state index in [0.717, 1.165) is 17.8 Å². The van der Waals surface area contributed by atoms with Crippen LogP contribution in [0.3, 0.4) is 0 Å². The predicted octanol–water partition coefficient (Wildman–Crippen LogP) is 5.31. The second-order valence-electron chi connectivity index (χ2n) is 5.11. The number of fused-ring (bicyclic) bond motifs is 2.